The fraction of sp³-hybridized carbons (Fsp3) is 0.133. The smallest absolute Gasteiger partial charge is 0.406 e. The van der Waals surface area contributed by atoms with Gasteiger partial charge in [0, 0.05) is 11.9 Å². The number of ether oxygens (including phenoxy) is 1. The molecule has 24 heavy (non-hydrogen) atoms. The number of amides is 1. The largest absolute Gasteiger partial charge is 0.573 e. The fourth-order valence-corrected chi connectivity index (χ4v) is 2.80. The molecule has 128 valence electrons. The van der Waals surface area contributed by atoms with E-state index in [0.717, 1.165) is 18.4 Å². The average Bonchev–Trinajstić information content (AvgIpc) is 2.47. The van der Waals surface area contributed by atoms with Crippen LogP contribution in [0.1, 0.15) is 10.4 Å². The zero-order chi connectivity index (χ0) is 18.0. The van der Waals surface area contributed by atoms with Crippen LogP contribution in [0.25, 0.3) is 0 Å². The van der Waals surface area contributed by atoms with Crippen molar-refractivity contribution in [2.24, 2.45) is 0 Å². The number of hydrogen-bond acceptors (Lipinski definition) is 4. The van der Waals surface area contributed by atoms with Crippen molar-refractivity contribution in [3.8, 4) is 5.75 Å². The molecule has 1 amide bonds. The maximum Gasteiger partial charge on any atom is 0.573 e. The second-order valence-electron chi connectivity index (χ2n) is 4.79. The molecule has 0 spiro atoms. The Balaban J connectivity index is 2.19. The van der Waals surface area contributed by atoms with Crippen LogP contribution in [0.2, 0.25) is 0 Å². The summed E-state index contributed by atoms with van der Waals surface area (Å²) in [6, 6.07) is 10.1. The van der Waals surface area contributed by atoms with Gasteiger partial charge in [-0.3, -0.25) is 4.79 Å². The lowest BCUT2D eigenvalue weighted by atomic mass is 10.2. The molecule has 9 heteroatoms. The van der Waals surface area contributed by atoms with Crippen LogP contribution in [-0.2, 0) is 9.84 Å². The summed E-state index contributed by atoms with van der Waals surface area (Å²) in [6.07, 6.45) is -3.83. The highest BCUT2D eigenvalue weighted by Crippen LogP contribution is 2.24. The summed E-state index contributed by atoms with van der Waals surface area (Å²) in [5.41, 5.74) is 0.133. The monoisotopic (exact) mass is 359 g/mol. The maximum atomic E-state index is 12.2. The van der Waals surface area contributed by atoms with E-state index in [0.29, 0.717) is 0 Å². The van der Waals surface area contributed by atoms with Gasteiger partial charge in [-0.15, -0.1) is 13.2 Å². The zero-order valence-electron chi connectivity index (χ0n) is 12.3. The van der Waals surface area contributed by atoms with Crippen LogP contribution in [0.3, 0.4) is 0 Å². The second kappa shape index (κ2) is 6.52. The molecule has 2 aromatic carbocycles. The highest BCUT2D eigenvalue weighted by atomic mass is 32.2. The van der Waals surface area contributed by atoms with Crippen LogP contribution in [0.15, 0.2) is 53.4 Å². The van der Waals surface area contributed by atoms with E-state index < -0.39 is 27.9 Å². The quantitative estimate of drug-likeness (QED) is 0.910. The maximum absolute atomic E-state index is 12.2. The van der Waals surface area contributed by atoms with Crippen molar-refractivity contribution in [2.75, 3.05) is 11.6 Å². The topological polar surface area (TPSA) is 72.5 Å². The van der Waals surface area contributed by atoms with Crippen LogP contribution < -0.4 is 10.1 Å². The molecule has 0 aliphatic carbocycles. The summed E-state index contributed by atoms with van der Waals surface area (Å²) in [6.45, 7) is 0. The summed E-state index contributed by atoms with van der Waals surface area (Å²) < 4.78 is 63.3. The molecule has 5 nitrogen and oxygen atoms in total. The SMILES string of the molecule is CS(=O)(=O)c1ccccc1C(=O)Nc1ccc(OC(F)(F)F)cc1. The van der Waals surface area contributed by atoms with Gasteiger partial charge >= 0.3 is 6.36 Å². The summed E-state index contributed by atoms with van der Waals surface area (Å²) in [7, 11) is -3.60. The van der Waals surface area contributed by atoms with Crippen LogP contribution in [0.5, 0.6) is 5.75 Å². The molecule has 0 aromatic heterocycles. The van der Waals surface area contributed by atoms with E-state index in [-0.39, 0.29) is 16.1 Å². The average molecular weight is 359 g/mol. The van der Waals surface area contributed by atoms with Crippen LogP contribution >= 0.6 is 0 Å². The van der Waals surface area contributed by atoms with Crippen molar-refractivity contribution in [3.05, 3.63) is 54.1 Å². The molecule has 0 fully saturated rings. The molecule has 2 rings (SSSR count). The van der Waals surface area contributed by atoms with Gasteiger partial charge in [0.25, 0.3) is 5.91 Å². The fourth-order valence-electron chi connectivity index (χ4n) is 1.92. The lowest BCUT2D eigenvalue weighted by Crippen LogP contribution is -2.17. The van der Waals surface area contributed by atoms with Gasteiger partial charge in [-0.25, -0.2) is 8.42 Å². The number of benzene rings is 2. The van der Waals surface area contributed by atoms with Crippen molar-refractivity contribution in [1.82, 2.24) is 0 Å². The number of hydrogen-bond donors (Lipinski definition) is 1. The number of anilines is 1. The Kier molecular flexibility index (Phi) is 4.83. The Morgan fingerprint density at radius 3 is 2.17 bits per heavy atom. The zero-order valence-corrected chi connectivity index (χ0v) is 13.1. The number of nitrogens with one attached hydrogen (secondary N) is 1. The minimum absolute atomic E-state index is 0.0596. The molecule has 0 aliphatic heterocycles. The molecule has 0 aliphatic rings. The molecule has 0 atom stereocenters. The van der Waals surface area contributed by atoms with E-state index in [2.05, 4.69) is 10.1 Å². The number of alkyl halides is 3. The Morgan fingerprint density at radius 2 is 1.62 bits per heavy atom. The first-order valence-corrected chi connectivity index (χ1v) is 8.42. The van der Waals surface area contributed by atoms with E-state index in [1.54, 1.807) is 0 Å². The molecule has 1 N–H and O–H groups in total. The van der Waals surface area contributed by atoms with Gasteiger partial charge in [-0.2, -0.15) is 0 Å². The van der Waals surface area contributed by atoms with Crippen molar-refractivity contribution in [2.45, 2.75) is 11.3 Å². The van der Waals surface area contributed by atoms with Crippen molar-refractivity contribution in [1.29, 1.82) is 0 Å². The normalized spacial score (nSPS) is 11.8. The third-order valence-electron chi connectivity index (χ3n) is 2.88. The highest BCUT2D eigenvalue weighted by molar-refractivity contribution is 7.90. The molecule has 0 saturated heterocycles. The van der Waals surface area contributed by atoms with Crippen LogP contribution in [0.4, 0.5) is 18.9 Å². The van der Waals surface area contributed by atoms with E-state index in [4.69, 9.17) is 0 Å². The lowest BCUT2D eigenvalue weighted by molar-refractivity contribution is -0.274. The van der Waals surface area contributed by atoms with Gasteiger partial charge < -0.3 is 10.1 Å². The molecule has 0 radical (unpaired) electrons. The third kappa shape index (κ3) is 4.72. The summed E-state index contributed by atoms with van der Waals surface area (Å²) in [5.74, 6) is -1.13. The Labute approximate surface area is 136 Å². The van der Waals surface area contributed by atoms with E-state index in [1.165, 1.54) is 36.4 Å². The van der Waals surface area contributed by atoms with Gasteiger partial charge in [0.05, 0.1) is 10.5 Å². The van der Waals surface area contributed by atoms with Gasteiger partial charge in [-0.1, -0.05) is 12.1 Å². The van der Waals surface area contributed by atoms with E-state index in [1.807, 2.05) is 0 Å². The molecule has 0 heterocycles. The summed E-state index contributed by atoms with van der Waals surface area (Å²) >= 11 is 0. The molecular formula is C15H12F3NO4S. The predicted molar refractivity (Wildman–Crippen MR) is 80.6 cm³/mol. The van der Waals surface area contributed by atoms with Gasteiger partial charge in [0.15, 0.2) is 9.84 Å². The summed E-state index contributed by atoms with van der Waals surface area (Å²) in [5, 5.41) is 2.42. The minimum Gasteiger partial charge on any atom is -0.406 e. The lowest BCUT2D eigenvalue weighted by Gasteiger charge is -2.11. The van der Waals surface area contributed by atoms with Crippen molar-refractivity contribution < 1.29 is 31.1 Å². The van der Waals surface area contributed by atoms with Gasteiger partial charge in [0.2, 0.25) is 0 Å². The van der Waals surface area contributed by atoms with Gasteiger partial charge in [0.1, 0.15) is 5.75 Å². The molecule has 2 aromatic rings. The van der Waals surface area contributed by atoms with Crippen molar-refractivity contribution >= 4 is 21.4 Å². The predicted octanol–water partition coefficient (Wildman–Crippen LogP) is 3.24. The first-order chi connectivity index (χ1) is 11.1. The standard InChI is InChI=1S/C15H12F3NO4S/c1-24(21,22)13-5-3-2-4-12(13)14(20)19-10-6-8-11(9-7-10)23-15(16,17)18/h2-9H,1H3,(H,19,20). The first kappa shape index (κ1) is 17.8. The number of halogens is 3. The van der Waals surface area contributed by atoms with Crippen LogP contribution in [0, 0.1) is 0 Å². The van der Waals surface area contributed by atoms with Crippen molar-refractivity contribution in [3.63, 3.8) is 0 Å². The second-order valence-corrected chi connectivity index (χ2v) is 6.78. The minimum atomic E-state index is -4.81. The molecule has 0 bridgehead atoms. The van der Waals surface area contributed by atoms with E-state index >= 15 is 0 Å². The molecular weight excluding hydrogens is 347 g/mol. The highest BCUT2D eigenvalue weighted by Gasteiger charge is 2.31. The molecule has 0 saturated carbocycles. The molecule has 0 unspecified atom stereocenters. The first-order valence-electron chi connectivity index (χ1n) is 6.52. The Morgan fingerprint density at radius 1 is 1.04 bits per heavy atom. The number of carbonyl (C=O) groups excluding carboxylic acids is 1. The van der Waals surface area contributed by atoms with Crippen LogP contribution in [-0.4, -0.2) is 26.9 Å². The Hall–Kier alpha value is -2.55. The van der Waals surface area contributed by atoms with Gasteiger partial charge in [-0.05, 0) is 36.4 Å². The number of sulfone groups is 1. The Bertz CT molecular complexity index is 846. The third-order valence-corrected chi connectivity index (χ3v) is 4.03. The number of rotatable bonds is 4. The number of carbonyl (C=O) groups is 1. The van der Waals surface area contributed by atoms with E-state index in [9.17, 15) is 26.4 Å². The summed E-state index contributed by atoms with van der Waals surface area (Å²) in [4.78, 5) is 12.1.